The molecule has 0 aliphatic carbocycles. The molecule has 0 bridgehead atoms. The van der Waals surface area contributed by atoms with Crippen LogP contribution in [0.1, 0.15) is 25.0 Å². The second-order valence-electron chi connectivity index (χ2n) is 4.02. The summed E-state index contributed by atoms with van der Waals surface area (Å²) in [7, 11) is 0. The Balaban J connectivity index is 2.26. The Hall–Kier alpha value is -2.00. The number of aliphatic hydroxyl groups excluding tert-OH is 1. The Morgan fingerprint density at radius 1 is 0.944 bits per heavy atom. The lowest BCUT2D eigenvalue weighted by molar-refractivity contribution is 0.174. The second-order valence-corrected chi connectivity index (χ2v) is 4.02. The highest BCUT2D eigenvalue weighted by Gasteiger charge is 2.09. The van der Waals surface area contributed by atoms with Crippen LogP contribution in [-0.4, -0.2) is 5.11 Å². The first kappa shape index (κ1) is 12.5. The zero-order valence-corrected chi connectivity index (χ0v) is 10.3. The third-order valence-electron chi connectivity index (χ3n) is 2.71. The minimum atomic E-state index is -0.490. The molecule has 0 spiro atoms. The second kappa shape index (κ2) is 6.07. The Bertz CT molecular complexity index is 523. The van der Waals surface area contributed by atoms with Crippen molar-refractivity contribution in [3.05, 3.63) is 60.2 Å². The van der Waals surface area contributed by atoms with Gasteiger partial charge in [-0.2, -0.15) is 10.2 Å². The van der Waals surface area contributed by atoms with Crippen LogP contribution in [0.2, 0.25) is 0 Å². The lowest BCUT2D eigenvalue weighted by atomic mass is 10.1. The third-order valence-corrected chi connectivity index (χ3v) is 2.71. The summed E-state index contributed by atoms with van der Waals surface area (Å²) >= 11 is 0. The molecule has 1 N–H and O–H groups in total. The van der Waals surface area contributed by atoms with Gasteiger partial charge in [0, 0.05) is 5.56 Å². The van der Waals surface area contributed by atoms with E-state index in [1.807, 2.05) is 61.5 Å². The molecule has 92 valence electrons. The third kappa shape index (κ3) is 3.02. The molecule has 0 aliphatic heterocycles. The number of aliphatic hydroxyl groups is 1. The van der Waals surface area contributed by atoms with Crippen molar-refractivity contribution in [3.8, 4) is 0 Å². The Morgan fingerprint density at radius 3 is 2.33 bits per heavy atom. The first-order chi connectivity index (χ1) is 8.81. The van der Waals surface area contributed by atoms with Gasteiger partial charge in [-0.1, -0.05) is 43.3 Å². The van der Waals surface area contributed by atoms with Crippen molar-refractivity contribution in [2.24, 2.45) is 10.2 Å². The maximum atomic E-state index is 9.91. The van der Waals surface area contributed by atoms with Crippen molar-refractivity contribution in [1.82, 2.24) is 0 Å². The Kier molecular flexibility index (Phi) is 4.20. The summed E-state index contributed by atoms with van der Waals surface area (Å²) in [5.41, 5.74) is 2.34. The quantitative estimate of drug-likeness (QED) is 0.783. The van der Waals surface area contributed by atoms with Crippen LogP contribution in [0.4, 0.5) is 11.4 Å². The molecule has 3 nitrogen and oxygen atoms in total. The van der Waals surface area contributed by atoms with Gasteiger partial charge in [0.05, 0.1) is 17.5 Å². The van der Waals surface area contributed by atoms with E-state index in [1.165, 1.54) is 0 Å². The summed E-state index contributed by atoms with van der Waals surface area (Å²) in [6, 6.07) is 17.1. The molecular weight excluding hydrogens is 224 g/mol. The smallest absolute Gasteiger partial charge is 0.0915 e. The molecule has 0 amide bonds. The molecular formula is C15H16N2O. The number of benzene rings is 2. The molecule has 1 atom stereocenters. The predicted octanol–water partition coefficient (Wildman–Crippen LogP) is 4.55. The number of hydrogen-bond donors (Lipinski definition) is 1. The zero-order valence-electron chi connectivity index (χ0n) is 10.3. The summed E-state index contributed by atoms with van der Waals surface area (Å²) < 4.78 is 0. The van der Waals surface area contributed by atoms with Crippen molar-refractivity contribution in [1.29, 1.82) is 0 Å². The highest BCUT2D eigenvalue weighted by Crippen LogP contribution is 2.28. The lowest BCUT2D eigenvalue weighted by Crippen LogP contribution is -1.94. The molecule has 0 fully saturated rings. The predicted molar refractivity (Wildman–Crippen MR) is 72.3 cm³/mol. The van der Waals surface area contributed by atoms with E-state index in [0.29, 0.717) is 6.42 Å². The normalized spacial score (nSPS) is 12.8. The Morgan fingerprint density at radius 2 is 1.61 bits per heavy atom. The zero-order chi connectivity index (χ0) is 12.8. The van der Waals surface area contributed by atoms with Gasteiger partial charge in [-0.25, -0.2) is 0 Å². The van der Waals surface area contributed by atoms with Gasteiger partial charge in [0.15, 0.2) is 0 Å². The standard InChI is InChI=1S/C15H16N2O/c1-2-15(18)13-10-6-7-11-14(13)17-16-12-8-4-3-5-9-12/h3-11,15,18H,2H2,1H3. The van der Waals surface area contributed by atoms with Gasteiger partial charge in [0.25, 0.3) is 0 Å². The molecule has 2 aromatic rings. The first-order valence-corrected chi connectivity index (χ1v) is 6.05. The van der Waals surface area contributed by atoms with Crippen LogP contribution < -0.4 is 0 Å². The lowest BCUT2D eigenvalue weighted by Gasteiger charge is -2.09. The van der Waals surface area contributed by atoms with Gasteiger partial charge in [0.1, 0.15) is 0 Å². The molecule has 0 saturated carbocycles. The molecule has 0 aromatic heterocycles. The minimum Gasteiger partial charge on any atom is -0.388 e. The van der Waals surface area contributed by atoms with Crippen molar-refractivity contribution in [2.75, 3.05) is 0 Å². The number of nitrogens with zero attached hydrogens (tertiary/aromatic N) is 2. The van der Waals surface area contributed by atoms with Crippen LogP contribution in [0.25, 0.3) is 0 Å². The largest absolute Gasteiger partial charge is 0.388 e. The number of rotatable bonds is 4. The Labute approximate surface area is 107 Å². The topological polar surface area (TPSA) is 45.0 Å². The molecule has 3 heteroatoms. The van der Waals surface area contributed by atoms with Crippen LogP contribution in [0.15, 0.2) is 64.8 Å². The molecule has 0 aliphatic rings. The van der Waals surface area contributed by atoms with E-state index in [1.54, 1.807) is 0 Å². The highest BCUT2D eigenvalue weighted by molar-refractivity contribution is 5.47. The van der Waals surface area contributed by atoms with Gasteiger partial charge in [-0.3, -0.25) is 0 Å². The van der Waals surface area contributed by atoms with E-state index < -0.39 is 6.10 Å². The molecule has 0 heterocycles. The van der Waals surface area contributed by atoms with Gasteiger partial charge < -0.3 is 5.11 Å². The summed E-state index contributed by atoms with van der Waals surface area (Å²) in [6.45, 7) is 1.94. The summed E-state index contributed by atoms with van der Waals surface area (Å²) in [5, 5.41) is 18.3. The van der Waals surface area contributed by atoms with Gasteiger partial charge in [0.2, 0.25) is 0 Å². The summed E-state index contributed by atoms with van der Waals surface area (Å²) in [5.74, 6) is 0. The van der Waals surface area contributed by atoms with Crippen molar-refractivity contribution in [2.45, 2.75) is 19.4 Å². The summed E-state index contributed by atoms with van der Waals surface area (Å²) in [4.78, 5) is 0. The number of hydrogen-bond acceptors (Lipinski definition) is 3. The molecule has 2 rings (SSSR count). The van der Waals surface area contributed by atoms with E-state index in [9.17, 15) is 5.11 Å². The molecule has 2 aromatic carbocycles. The van der Waals surface area contributed by atoms with E-state index in [4.69, 9.17) is 0 Å². The van der Waals surface area contributed by atoms with Crippen LogP contribution in [0.3, 0.4) is 0 Å². The molecule has 0 saturated heterocycles. The van der Waals surface area contributed by atoms with Gasteiger partial charge in [-0.15, -0.1) is 0 Å². The average molecular weight is 240 g/mol. The fourth-order valence-electron chi connectivity index (χ4n) is 1.69. The molecule has 0 radical (unpaired) electrons. The maximum absolute atomic E-state index is 9.91. The minimum absolute atomic E-state index is 0.490. The average Bonchev–Trinajstić information content (AvgIpc) is 2.45. The van der Waals surface area contributed by atoms with Gasteiger partial charge >= 0.3 is 0 Å². The van der Waals surface area contributed by atoms with E-state index in [0.717, 1.165) is 16.9 Å². The first-order valence-electron chi connectivity index (χ1n) is 6.05. The van der Waals surface area contributed by atoms with Crippen LogP contribution in [0, 0.1) is 0 Å². The van der Waals surface area contributed by atoms with Crippen molar-refractivity contribution in [3.63, 3.8) is 0 Å². The highest BCUT2D eigenvalue weighted by atomic mass is 16.3. The van der Waals surface area contributed by atoms with Crippen LogP contribution in [-0.2, 0) is 0 Å². The monoisotopic (exact) mass is 240 g/mol. The maximum Gasteiger partial charge on any atom is 0.0915 e. The molecule has 1 unspecified atom stereocenters. The van der Waals surface area contributed by atoms with E-state index >= 15 is 0 Å². The van der Waals surface area contributed by atoms with Crippen LogP contribution in [0.5, 0.6) is 0 Å². The fraction of sp³-hybridized carbons (Fsp3) is 0.200. The summed E-state index contributed by atoms with van der Waals surface area (Å²) in [6.07, 6.45) is 0.175. The van der Waals surface area contributed by atoms with E-state index in [2.05, 4.69) is 10.2 Å². The van der Waals surface area contributed by atoms with Crippen molar-refractivity contribution >= 4 is 11.4 Å². The SMILES string of the molecule is CCC(O)c1ccccc1N=Nc1ccccc1. The van der Waals surface area contributed by atoms with E-state index in [-0.39, 0.29) is 0 Å². The van der Waals surface area contributed by atoms with Crippen LogP contribution >= 0.6 is 0 Å². The van der Waals surface area contributed by atoms with Crippen molar-refractivity contribution < 1.29 is 5.11 Å². The molecule has 18 heavy (non-hydrogen) atoms. The fourth-order valence-corrected chi connectivity index (χ4v) is 1.69. The number of azo groups is 1. The van der Waals surface area contributed by atoms with Gasteiger partial charge in [-0.05, 0) is 24.6 Å².